The maximum Gasteiger partial charge on any atom is 0.363 e. The Hall–Kier alpha value is -3.25. The molecule has 8 nitrogen and oxygen atoms in total. The van der Waals surface area contributed by atoms with E-state index in [2.05, 4.69) is 43.5 Å². The number of aliphatic imine (C=N–C) groups is 1. The zero-order valence-corrected chi connectivity index (χ0v) is 22.3. The van der Waals surface area contributed by atoms with Crippen LogP contribution in [-0.2, 0) is 16.1 Å². The molecular weight excluding hydrogens is 631 g/mol. The van der Waals surface area contributed by atoms with E-state index < -0.39 is 10.9 Å². The number of hydrogen-bond acceptors (Lipinski definition) is 7. The van der Waals surface area contributed by atoms with Crippen molar-refractivity contribution in [2.45, 2.75) is 13.5 Å². The molecule has 1 aliphatic rings. The van der Waals surface area contributed by atoms with Crippen LogP contribution in [0.5, 0.6) is 11.5 Å². The third-order valence-corrected chi connectivity index (χ3v) is 6.72. The second-order valence-corrected chi connectivity index (χ2v) is 9.53. The Morgan fingerprint density at radius 2 is 1.97 bits per heavy atom. The maximum atomic E-state index is 12.4. The van der Waals surface area contributed by atoms with E-state index in [0.717, 1.165) is 13.6 Å². The lowest BCUT2D eigenvalue weighted by Gasteiger charge is -2.14. The van der Waals surface area contributed by atoms with Gasteiger partial charge in [0.25, 0.3) is 5.69 Å². The first kappa shape index (κ1) is 24.9. The summed E-state index contributed by atoms with van der Waals surface area (Å²) in [4.78, 5) is 27.3. The zero-order chi connectivity index (χ0) is 25.1. The van der Waals surface area contributed by atoms with Crippen LogP contribution >= 0.6 is 38.5 Å². The third kappa shape index (κ3) is 5.54. The molecule has 10 heteroatoms. The van der Waals surface area contributed by atoms with Gasteiger partial charge in [-0.1, -0.05) is 34.1 Å². The first-order chi connectivity index (χ1) is 16.8. The number of nitro benzene ring substituents is 1. The predicted molar refractivity (Wildman–Crippen MR) is 143 cm³/mol. The Balaban J connectivity index is 1.60. The summed E-state index contributed by atoms with van der Waals surface area (Å²) in [6.45, 7) is 1.97. The van der Waals surface area contributed by atoms with Crippen molar-refractivity contribution in [1.29, 1.82) is 0 Å². The lowest BCUT2D eigenvalue weighted by molar-refractivity contribution is -0.385. The molecule has 0 N–H and O–H groups in total. The normalized spacial score (nSPS) is 14.0. The summed E-state index contributed by atoms with van der Waals surface area (Å²) in [5, 5.41) is 11.1. The highest BCUT2D eigenvalue weighted by atomic mass is 127. The summed E-state index contributed by atoms with van der Waals surface area (Å²) in [5.74, 6) is 0.580. The van der Waals surface area contributed by atoms with Crippen LogP contribution in [0.4, 0.5) is 5.69 Å². The third-order valence-electron chi connectivity index (χ3n) is 5.15. The van der Waals surface area contributed by atoms with E-state index in [4.69, 9.17) is 14.2 Å². The number of benzene rings is 3. The topological polar surface area (TPSA) is 100 Å². The van der Waals surface area contributed by atoms with E-state index in [1.807, 2.05) is 30.3 Å². The van der Waals surface area contributed by atoms with Crippen molar-refractivity contribution in [3.63, 3.8) is 0 Å². The average molecular weight is 649 g/mol. The fourth-order valence-electron chi connectivity index (χ4n) is 3.41. The Morgan fingerprint density at radius 1 is 1.20 bits per heavy atom. The van der Waals surface area contributed by atoms with Crippen molar-refractivity contribution in [3.8, 4) is 11.5 Å². The van der Waals surface area contributed by atoms with Crippen molar-refractivity contribution in [2.24, 2.45) is 4.99 Å². The Bertz CT molecular complexity index is 1400. The SMILES string of the molecule is COc1cc(/C=C2\N=C(c3ccc([N+](=O)[O-])c(C)c3)OC2=O)cc(I)c1OCc1ccccc1Br. The van der Waals surface area contributed by atoms with E-state index in [0.29, 0.717) is 34.8 Å². The van der Waals surface area contributed by atoms with Crippen LogP contribution < -0.4 is 9.47 Å². The number of ether oxygens (including phenoxy) is 3. The molecule has 0 aromatic heterocycles. The number of esters is 1. The van der Waals surface area contributed by atoms with Gasteiger partial charge in [-0.3, -0.25) is 10.1 Å². The second-order valence-electron chi connectivity index (χ2n) is 7.51. The smallest absolute Gasteiger partial charge is 0.363 e. The molecule has 4 rings (SSSR count). The highest BCUT2D eigenvalue weighted by Crippen LogP contribution is 2.36. The number of nitro groups is 1. The number of nitrogens with zero attached hydrogens (tertiary/aromatic N) is 2. The van der Waals surface area contributed by atoms with Gasteiger partial charge in [-0.2, -0.15) is 0 Å². The summed E-state index contributed by atoms with van der Waals surface area (Å²) in [5.41, 5.74) is 2.69. The zero-order valence-electron chi connectivity index (χ0n) is 18.6. The van der Waals surface area contributed by atoms with Crippen LogP contribution in [0.1, 0.15) is 22.3 Å². The molecule has 0 bridgehead atoms. The van der Waals surface area contributed by atoms with Gasteiger partial charge in [-0.05, 0) is 71.5 Å². The molecule has 0 saturated heterocycles. The van der Waals surface area contributed by atoms with Gasteiger partial charge in [0.2, 0.25) is 5.90 Å². The number of cyclic esters (lactones) is 1. The molecule has 0 radical (unpaired) electrons. The second kappa shape index (κ2) is 10.6. The monoisotopic (exact) mass is 648 g/mol. The van der Waals surface area contributed by atoms with Gasteiger partial charge in [0, 0.05) is 27.2 Å². The van der Waals surface area contributed by atoms with Crippen molar-refractivity contribution < 1.29 is 23.9 Å². The molecule has 3 aromatic carbocycles. The van der Waals surface area contributed by atoms with Crippen molar-refractivity contribution in [3.05, 3.63) is 101 Å². The molecule has 178 valence electrons. The molecule has 35 heavy (non-hydrogen) atoms. The molecule has 0 fully saturated rings. The Morgan fingerprint density at radius 3 is 2.66 bits per heavy atom. The van der Waals surface area contributed by atoms with Gasteiger partial charge in [0.05, 0.1) is 15.6 Å². The minimum absolute atomic E-state index is 0.0157. The van der Waals surface area contributed by atoms with E-state index >= 15 is 0 Å². The van der Waals surface area contributed by atoms with Gasteiger partial charge in [-0.15, -0.1) is 0 Å². The standard InChI is InChI=1S/C25H18BrIN2O6/c1-14-9-16(7-8-21(14)29(31)32)24-28-20(25(30)35-24)11-15-10-19(27)23(22(12-15)33-2)34-13-17-5-3-4-6-18(17)26/h3-12H,13H2,1-2H3/b20-11-. The van der Waals surface area contributed by atoms with Crippen molar-refractivity contribution >= 4 is 62.2 Å². The molecule has 0 amide bonds. The fourth-order valence-corrected chi connectivity index (χ4v) is 4.59. The average Bonchev–Trinajstić information content (AvgIpc) is 3.18. The van der Waals surface area contributed by atoms with Gasteiger partial charge < -0.3 is 14.2 Å². The lowest BCUT2D eigenvalue weighted by atomic mass is 10.1. The van der Waals surface area contributed by atoms with Crippen molar-refractivity contribution in [1.82, 2.24) is 0 Å². The number of aryl methyl sites for hydroxylation is 1. The van der Waals surface area contributed by atoms with Crippen LogP contribution in [-0.4, -0.2) is 23.9 Å². The quantitative estimate of drug-likeness (QED) is 0.0994. The predicted octanol–water partition coefficient (Wildman–Crippen LogP) is 6.20. The Labute approximate surface area is 223 Å². The molecule has 0 saturated carbocycles. The molecule has 0 unspecified atom stereocenters. The van der Waals surface area contributed by atoms with E-state index in [1.165, 1.54) is 12.1 Å². The summed E-state index contributed by atoms with van der Waals surface area (Å²) in [6, 6.07) is 15.8. The number of carbonyl (C=O) groups excluding carboxylic acids is 1. The van der Waals surface area contributed by atoms with Crippen LogP contribution in [0.2, 0.25) is 0 Å². The molecule has 0 aliphatic carbocycles. The van der Waals surface area contributed by atoms with Gasteiger partial charge in [0.15, 0.2) is 17.2 Å². The minimum atomic E-state index is -0.612. The minimum Gasteiger partial charge on any atom is -0.493 e. The number of hydrogen-bond donors (Lipinski definition) is 0. The first-order valence-corrected chi connectivity index (χ1v) is 12.2. The number of rotatable bonds is 7. The molecule has 3 aromatic rings. The highest BCUT2D eigenvalue weighted by molar-refractivity contribution is 14.1. The van der Waals surface area contributed by atoms with Crippen molar-refractivity contribution in [2.75, 3.05) is 7.11 Å². The fraction of sp³-hybridized carbons (Fsp3) is 0.120. The number of methoxy groups -OCH3 is 1. The van der Waals surface area contributed by atoms with Crippen LogP contribution in [0.3, 0.4) is 0 Å². The van der Waals surface area contributed by atoms with Gasteiger partial charge in [0.1, 0.15) is 6.61 Å². The molecule has 0 spiro atoms. The van der Waals surface area contributed by atoms with Crippen LogP contribution in [0.25, 0.3) is 6.08 Å². The lowest BCUT2D eigenvalue weighted by Crippen LogP contribution is -2.06. The molecule has 1 aliphatic heterocycles. The largest absolute Gasteiger partial charge is 0.493 e. The Kier molecular flexibility index (Phi) is 7.51. The summed E-state index contributed by atoms with van der Waals surface area (Å²) in [6.07, 6.45) is 1.59. The van der Waals surface area contributed by atoms with Gasteiger partial charge in [-0.25, -0.2) is 9.79 Å². The molecular formula is C25H18BrIN2O6. The maximum absolute atomic E-state index is 12.4. The van der Waals surface area contributed by atoms with Crippen LogP contribution in [0, 0.1) is 20.6 Å². The van der Waals surface area contributed by atoms with E-state index in [1.54, 1.807) is 32.2 Å². The van der Waals surface area contributed by atoms with Crippen LogP contribution in [0.15, 0.2) is 69.8 Å². The van der Waals surface area contributed by atoms with E-state index in [9.17, 15) is 14.9 Å². The summed E-state index contributed by atoms with van der Waals surface area (Å²) in [7, 11) is 1.55. The molecule has 0 atom stereocenters. The highest BCUT2D eigenvalue weighted by Gasteiger charge is 2.25. The van der Waals surface area contributed by atoms with Gasteiger partial charge >= 0.3 is 5.97 Å². The first-order valence-electron chi connectivity index (χ1n) is 10.3. The summed E-state index contributed by atoms with van der Waals surface area (Å²) >= 11 is 5.67. The summed E-state index contributed by atoms with van der Waals surface area (Å²) < 4.78 is 18.6. The molecule has 1 heterocycles. The number of halogens is 2. The van der Waals surface area contributed by atoms with E-state index in [-0.39, 0.29) is 17.3 Å². The number of carbonyl (C=O) groups is 1.